The quantitative estimate of drug-likeness (QED) is 0.733. The average Bonchev–Trinajstić information content (AvgIpc) is 3.11. The Hall–Kier alpha value is -0.610. The molecule has 1 saturated carbocycles. The second-order valence-corrected chi connectivity index (χ2v) is 6.56. The van der Waals surface area contributed by atoms with Gasteiger partial charge in [-0.3, -0.25) is 4.79 Å². The maximum absolute atomic E-state index is 12.4. The molecule has 4 nitrogen and oxygen atoms in total. The highest BCUT2D eigenvalue weighted by atomic mass is 16.5. The second kappa shape index (κ2) is 7.59. The number of hydrogen-bond acceptors (Lipinski definition) is 4. The van der Waals surface area contributed by atoms with E-state index in [-0.39, 0.29) is 5.97 Å². The molecular weight excluding hydrogens is 264 g/mol. The summed E-state index contributed by atoms with van der Waals surface area (Å²) in [5.74, 6) is 0.378. The van der Waals surface area contributed by atoms with Crippen LogP contribution in [0.2, 0.25) is 0 Å². The van der Waals surface area contributed by atoms with Gasteiger partial charge >= 0.3 is 5.97 Å². The predicted octanol–water partition coefficient (Wildman–Crippen LogP) is 2.57. The van der Waals surface area contributed by atoms with Crippen molar-refractivity contribution in [1.82, 2.24) is 10.2 Å². The van der Waals surface area contributed by atoms with Gasteiger partial charge in [-0.05, 0) is 71.5 Å². The Morgan fingerprint density at radius 2 is 2.14 bits per heavy atom. The summed E-state index contributed by atoms with van der Waals surface area (Å²) in [6.07, 6.45) is 8.22. The Bertz CT molecular complexity index is 348. The molecular formula is C17H32N2O2. The molecule has 0 spiro atoms. The minimum atomic E-state index is -0.433. The van der Waals surface area contributed by atoms with Crippen LogP contribution in [0.4, 0.5) is 0 Å². The molecule has 1 aliphatic carbocycles. The molecule has 3 atom stereocenters. The molecule has 3 unspecified atom stereocenters. The van der Waals surface area contributed by atoms with Crippen molar-refractivity contribution in [3.8, 4) is 0 Å². The van der Waals surface area contributed by atoms with Gasteiger partial charge in [0, 0.05) is 6.04 Å². The molecule has 122 valence electrons. The van der Waals surface area contributed by atoms with Crippen molar-refractivity contribution in [2.45, 2.75) is 70.4 Å². The lowest BCUT2D eigenvalue weighted by Crippen LogP contribution is -2.54. The van der Waals surface area contributed by atoms with Gasteiger partial charge in [0.05, 0.1) is 6.61 Å². The van der Waals surface area contributed by atoms with Crippen LogP contribution >= 0.6 is 0 Å². The Kier molecular flexibility index (Phi) is 6.06. The van der Waals surface area contributed by atoms with E-state index in [9.17, 15) is 4.79 Å². The van der Waals surface area contributed by atoms with E-state index < -0.39 is 5.54 Å². The van der Waals surface area contributed by atoms with Gasteiger partial charge in [-0.15, -0.1) is 0 Å². The summed E-state index contributed by atoms with van der Waals surface area (Å²) >= 11 is 0. The molecule has 2 fully saturated rings. The third-order valence-corrected chi connectivity index (χ3v) is 5.64. The van der Waals surface area contributed by atoms with E-state index in [2.05, 4.69) is 17.1 Å². The van der Waals surface area contributed by atoms with Gasteiger partial charge in [-0.2, -0.15) is 0 Å². The monoisotopic (exact) mass is 296 g/mol. The second-order valence-electron chi connectivity index (χ2n) is 6.56. The van der Waals surface area contributed by atoms with Gasteiger partial charge in [-0.1, -0.05) is 13.3 Å². The molecule has 1 saturated heterocycles. The van der Waals surface area contributed by atoms with Crippen LogP contribution in [0.1, 0.15) is 58.8 Å². The van der Waals surface area contributed by atoms with E-state index in [1.54, 1.807) is 0 Å². The third kappa shape index (κ3) is 3.42. The number of nitrogens with one attached hydrogen (secondary N) is 1. The van der Waals surface area contributed by atoms with Gasteiger partial charge in [0.1, 0.15) is 5.54 Å². The van der Waals surface area contributed by atoms with Crippen molar-refractivity contribution in [3.05, 3.63) is 0 Å². The highest BCUT2D eigenvalue weighted by Crippen LogP contribution is 2.39. The molecule has 21 heavy (non-hydrogen) atoms. The molecule has 0 amide bonds. The number of carbonyl (C=O) groups excluding carboxylic acids is 1. The van der Waals surface area contributed by atoms with Gasteiger partial charge in [0.15, 0.2) is 0 Å². The first-order valence-corrected chi connectivity index (χ1v) is 8.78. The summed E-state index contributed by atoms with van der Waals surface area (Å²) in [6, 6.07) is 0.762. The molecule has 4 heteroatoms. The Balaban J connectivity index is 1.95. The van der Waals surface area contributed by atoms with Crippen LogP contribution < -0.4 is 5.32 Å². The summed E-state index contributed by atoms with van der Waals surface area (Å²) in [6.45, 7) is 7.01. The minimum Gasteiger partial charge on any atom is -0.465 e. The molecule has 1 N–H and O–H groups in total. The van der Waals surface area contributed by atoms with Crippen LogP contribution in [0.25, 0.3) is 0 Å². The maximum atomic E-state index is 12.4. The lowest BCUT2D eigenvalue weighted by atomic mass is 9.84. The molecule has 1 heterocycles. The summed E-state index contributed by atoms with van der Waals surface area (Å²) in [5.41, 5.74) is -0.433. The third-order valence-electron chi connectivity index (χ3n) is 5.64. The topological polar surface area (TPSA) is 41.6 Å². The number of rotatable bonds is 7. The van der Waals surface area contributed by atoms with Gasteiger partial charge < -0.3 is 15.0 Å². The molecule has 2 rings (SSSR count). The van der Waals surface area contributed by atoms with Crippen molar-refractivity contribution in [1.29, 1.82) is 0 Å². The van der Waals surface area contributed by atoms with Crippen LogP contribution in [0.5, 0.6) is 0 Å². The Morgan fingerprint density at radius 3 is 2.81 bits per heavy atom. The van der Waals surface area contributed by atoms with E-state index in [0.29, 0.717) is 12.5 Å². The van der Waals surface area contributed by atoms with E-state index in [1.165, 1.54) is 25.8 Å². The standard InChI is InChI=1S/C17H32N2O2/c1-4-15-9-7-12-19(15)13-10-14-8-6-11-17(14,18-3)16(20)21-5-2/h14-15,18H,4-13H2,1-3H3. The van der Waals surface area contributed by atoms with Crippen molar-refractivity contribution in [2.24, 2.45) is 5.92 Å². The zero-order valence-corrected chi connectivity index (χ0v) is 14.0. The van der Waals surface area contributed by atoms with Crippen LogP contribution in [0.15, 0.2) is 0 Å². The molecule has 0 bridgehead atoms. The maximum Gasteiger partial charge on any atom is 0.326 e. The highest BCUT2D eigenvalue weighted by Gasteiger charge is 2.48. The SMILES string of the molecule is CCOC(=O)C1(NC)CCCC1CCN1CCCC1CC. The van der Waals surface area contributed by atoms with Gasteiger partial charge in [0.25, 0.3) is 0 Å². The number of hydrogen-bond donors (Lipinski definition) is 1. The first-order valence-electron chi connectivity index (χ1n) is 8.78. The Labute approximate surface area is 129 Å². The molecule has 0 aromatic carbocycles. The zero-order valence-electron chi connectivity index (χ0n) is 14.0. The van der Waals surface area contributed by atoms with Crippen molar-refractivity contribution in [3.63, 3.8) is 0 Å². The molecule has 0 aromatic heterocycles. The summed E-state index contributed by atoms with van der Waals surface area (Å²) < 4.78 is 5.35. The zero-order chi connectivity index (χ0) is 15.3. The van der Waals surface area contributed by atoms with Crippen molar-refractivity contribution < 1.29 is 9.53 Å². The number of likely N-dealkylation sites (N-methyl/N-ethyl adjacent to an activating group) is 1. The lowest BCUT2D eigenvalue weighted by molar-refractivity contribution is -0.153. The number of ether oxygens (including phenoxy) is 1. The fraction of sp³-hybridized carbons (Fsp3) is 0.941. The summed E-state index contributed by atoms with van der Waals surface area (Å²) in [5, 5.41) is 3.32. The highest BCUT2D eigenvalue weighted by molar-refractivity contribution is 5.81. The van der Waals surface area contributed by atoms with Crippen LogP contribution in [0, 0.1) is 5.92 Å². The van der Waals surface area contributed by atoms with E-state index in [0.717, 1.165) is 38.3 Å². The number of esters is 1. The van der Waals surface area contributed by atoms with Gasteiger partial charge in [-0.25, -0.2) is 0 Å². The van der Waals surface area contributed by atoms with Crippen molar-refractivity contribution >= 4 is 5.97 Å². The first kappa shape index (κ1) is 16.8. The number of nitrogens with zero attached hydrogens (tertiary/aromatic N) is 1. The first-order chi connectivity index (χ1) is 10.2. The smallest absolute Gasteiger partial charge is 0.326 e. The molecule has 2 aliphatic rings. The number of likely N-dealkylation sites (tertiary alicyclic amines) is 1. The summed E-state index contributed by atoms with van der Waals surface area (Å²) in [4.78, 5) is 15.1. The van der Waals surface area contributed by atoms with E-state index >= 15 is 0 Å². The number of carbonyl (C=O) groups is 1. The lowest BCUT2D eigenvalue weighted by Gasteiger charge is -2.34. The van der Waals surface area contributed by atoms with Crippen LogP contribution in [0.3, 0.4) is 0 Å². The fourth-order valence-electron chi connectivity index (χ4n) is 4.40. The van der Waals surface area contributed by atoms with Gasteiger partial charge in [0.2, 0.25) is 0 Å². The van der Waals surface area contributed by atoms with E-state index in [1.807, 2.05) is 14.0 Å². The minimum absolute atomic E-state index is 0.0385. The largest absolute Gasteiger partial charge is 0.465 e. The normalized spacial score (nSPS) is 33.5. The Morgan fingerprint density at radius 1 is 1.33 bits per heavy atom. The van der Waals surface area contributed by atoms with E-state index in [4.69, 9.17) is 4.74 Å². The molecule has 0 aromatic rings. The average molecular weight is 296 g/mol. The predicted molar refractivity (Wildman–Crippen MR) is 85.3 cm³/mol. The van der Waals surface area contributed by atoms with Crippen LogP contribution in [-0.2, 0) is 9.53 Å². The molecule has 1 aliphatic heterocycles. The van der Waals surface area contributed by atoms with Crippen molar-refractivity contribution in [2.75, 3.05) is 26.7 Å². The fourth-order valence-corrected chi connectivity index (χ4v) is 4.40. The van der Waals surface area contributed by atoms with Crippen LogP contribution in [-0.4, -0.2) is 49.2 Å². The molecule has 0 radical (unpaired) electrons. The summed E-state index contributed by atoms with van der Waals surface area (Å²) in [7, 11) is 1.92.